The van der Waals surface area contributed by atoms with Crippen LogP contribution >= 0.6 is 0 Å². The Bertz CT molecular complexity index is 552. The van der Waals surface area contributed by atoms with Crippen molar-refractivity contribution in [3.63, 3.8) is 0 Å². The fourth-order valence-electron chi connectivity index (χ4n) is 2.18. The maximum absolute atomic E-state index is 14.0. The first kappa shape index (κ1) is 14.5. The minimum Gasteiger partial charge on any atom is -0.396 e. The quantitative estimate of drug-likeness (QED) is 0.838. The van der Waals surface area contributed by atoms with Crippen LogP contribution in [0.1, 0.15) is 25.0 Å². The number of rotatable bonds is 5. The molecule has 0 aromatic heterocycles. The van der Waals surface area contributed by atoms with Crippen molar-refractivity contribution >= 4 is 5.69 Å². The van der Waals surface area contributed by atoms with Crippen LogP contribution in [0.3, 0.4) is 0 Å². The van der Waals surface area contributed by atoms with Crippen LogP contribution in [0.2, 0.25) is 0 Å². The van der Waals surface area contributed by atoms with Crippen LogP contribution in [0, 0.1) is 5.82 Å². The molecule has 0 saturated heterocycles. The maximum atomic E-state index is 14.0. The lowest BCUT2D eigenvalue weighted by molar-refractivity contribution is 0.201. The van der Waals surface area contributed by atoms with Gasteiger partial charge in [0.25, 0.3) is 0 Å². The van der Waals surface area contributed by atoms with Gasteiger partial charge in [-0.15, -0.1) is 0 Å². The topological polar surface area (TPSA) is 29.3 Å². The van der Waals surface area contributed by atoms with E-state index in [1.54, 1.807) is 18.2 Å². The van der Waals surface area contributed by atoms with Crippen molar-refractivity contribution in [1.29, 1.82) is 0 Å². The molecule has 0 aliphatic carbocycles. The average molecular weight is 272 g/mol. The molecule has 0 radical (unpaired) electrons. The maximum Gasteiger partial charge on any atom is 0.150 e. The van der Waals surface area contributed by atoms with E-state index in [1.807, 2.05) is 18.2 Å². The van der Waals surface area contributed by atoms with Gasteiger partial charge in [0.2, 0.25) is 0 Å². The van der Waals surface area contributed by atoms with E-state index >= 15 is 0 Å². The average Bonchev–Trinajstić information content (AvgIpc) is 2.44. The largest absolute Gasteiger partial charge is 0.396 e. The second-order valence-electron chi connectivity index (χ2n) is 5.30. The molecule has 0 fully saturated rings. The summed E-state index contributed by atoms with van der Waals surface area (Å²) in [6.07, 6.45) is 0. The Morgan fingerprint density at radius 1 is 1.00 bits per heavy atom. The Balaban J connectivity index is 2.16. The minimum absolute atomic E-state index is 0.214. The Morgan fingerprint density at radius 3 is 2.35 bits per heavy atom. The van der Waals surface area contributed by atoms with Crippen molar-refractivity contribution in [2.45, 2.75) is 33.0 Å². The predicted molar refractivity (Wildman–Crippen MR) is 81.6 cm³/mol. The zero-order valence-electron chi connectivity index (χ0n) is 12.0. The van der Waals surface area contributed by atoms with Gasteiger partial charge in [-0.05, 0) is 25.5 Å². The van der Waals surface area contributed by atoms with Crippen molar-refractivity contribution in [1.82, 2.24) is 4.90 Å². The Labute approximate surface area is 120 Å². The number of hydrogen-bond acceptors (Lipinski definition) is 2. The molecule has 0 aliphatic heterocycles. The molecule has 0 saturated carbocycles. The van der Waals surface area contributed by atoms with Gasteiger partial charge < -0.3 is 5.73 Å². The second-order valence-corrected chi connectivity index (χ2v) is 5.30. The molecule has 0 bridgehead atoms. The van der Waals surface area contributed by atoms with Crippen LogP contribution in [0.15, 0.2) is 48.5 Å². The van der Waals surface area contributed by atoms with Crippen LogP contribution in [0.5, 0.6) is 0 Å². The van der Waals surface area contributed by atoms with Crippen molar-refractivity contribution in [2.24, 2.45) is 0 Å². The molecule has 2 aromatic carbocycles. The number of anilines is 1. The zero-order valence-corrected chi connectivity index (χ0v) is 12.0. The first-order valence-corrected chi connectivity index (χ1v) is 6.88. The van der Waals surface area contributed by atoms with Crippen molar-refractivity contribution in [3.8, 4) is 0 Å². The number of benzene rings is 2. The summed E-state index contributed by atoms with van der Waals surface area (Å²) < 4.78 is 14.0. The van der Waals surface area contributed by atoms with E-state index in [0.717, 1.165) is 6.54 Å². The molecule has 0 atom stereocenters. The summed E-state index contributed by atoms with van der Waals surface area (Å²) in [6, 6.07) is 15.7. The third-order valence-electron chi connectivity index (χ3n) is 3.44. The number of nitrogens with zero attached hydrogens (tertiary/aromatic N) is 1. The minimum atomic E-state index is -0.300. The summed E-state index contributed by atoms with van der Waals surface area (Å²) in [5.74, 6) is -0.300. The molecule has 2 aromatic rings. The molecule has 0 unspecified atom stereocenters. The van der Waals surface area contributed by atoms with Crippen LogP contribution < -0.4 is 5.73 Å². The molecule has 2 N–H and O–H groups in total. The lowest BCUT2D eigenvalue weighted by Crippen LogP contribution is -2.30. The van der Waals surface area contributed by atoms with E-state index in [9.17, 15) is 4.39 Å². The van der Waals surface area contributed by atoms with Crippen LogP contribution in [-0.2, 0) is 13.1 Å². The van der Waals surface area contributed by atoms with Gasteiger partial charge in [0, 0.05) is 24.7 Å². The summed E-state index contributed by atoms with van der Waals surface area (Å²) in [5.41, 5.74) is 7.72. The molecule has 0 spiro atoms. The van der Waals surface area contributed by atoms with Crippen molar-refractivity contribution < 1.29 is 4.39 Å². The highest BCUT2D eigenvalue weighted by Crippen LogP contribution is 2.19. The molecule has 0 heterocycles. The third-order valence-corrected chi connectivity index (χ3v) is 3.44. The van der Waals surface area contributed by atoms with Gasteiger partial charge in [-0.2, -0.15) is 0 Å². The second kappa shape index (κ2) is 6.53. The summed E-state index contributed by atoms with van der Waals surface area (Å²) >= 11 is 0. The van der Waals surface area contributed by atoms with E-state index in [2.05, 4.69) is 30.9 Å². The zero-order chi connectivity index (χ0) is 14.5. The summed E-state index contributed by atoms with van der Waals surface area (Å²) in [7, 11) is 0. The van der Waals surface area contributed by atoms with Gasteiger partial charge in [0.1, 0.15) is 0 Å². The van der Waals surface area contributed by atoms with E-state index in [4.69, 9.17) is 5.73 Å². The first-order chi connectivity index (χ1) is 9.58. The van der Waals surface area contributed by atoms with Crippen LogP contribution in [0.4, 0.5) is 10.1 Å². The van der Waals surface area contributed by atoms with Gasteiger partial charge in [0.15, 0.2) is 5.82 Å². The molecule has 20 heavy (non-hydrogen) atoms. The van der Waals surface area contributed by atoms with Crippen LogP contribution in [0.25, 0.3) is 0 Å². The SMILES string of the molecule is CC(C)N(Cc1ccccc1)Cc1cccc(N)c1F. The highest BCUT2D eigenvalue weighted by Gasteiger charge is 2.14. The lowest BCUT2D eigenvalue weighted by atomic mass is 10.1. The van der Waals surface area contributed by atoms with Gasteiger partial charge in [-0.3, -0.25) is 4.90 Å². The standard InChI is InChI=1S/C17H21FN2/c1-13(2)20(11-14-7-4-3-5-8-14)12-15-9-6-10-16(19)17(15)18/h3-10,13H,11-12,19H2,1-2H3. The molecule has 2 rings (SSSR count). The monoisotopic (exact) mass is 272 g/mol. The fraction of sp³-hybridized carbons (Fsp3) is 0.294. The molecular formula is C17H21FN2. The highest BCUT2D eigenvalue weighted by molar-refractivity contribution is 5.42. The molecule has 2 nitrogen and oxygen atoms in total. The predicted octanol–water partition coefficient (Wildman–Crippen LogP) is 3.82. The van der Waals surface area contributed by atoms with Crippen molar-refractivity contribution in [3.05, 3.63) is 65.5 Å². The van der Waals surface area contributed by atoms with Gasteiger partial charge in [-0.1, -0.05) is 42.5 Å². The number of halogens is 1. The smallest absolute Gasteiger partial charge is 0.150 e. The lowest BCUT2D eigenvalue weighted by Gasteiger charge is -2.27. The first-order valence-electron chi connectivity index (χ1n) is 6.88. The number of nitrogens with two attached hydrogens (primary N) is 1. The molecule has 0 amide bonds. The highest BCUT2D eigenvalue weighted by atomic mass is 19.1. The van der Waals surface area contributed by atoms with E-state index < -0.39 is 0 Å². The van der Waals surface area contributed by atoms with Gasteiger partial charge in [-0.25, -0.2) is 4.39 Å². The van der Waals surface area contributed by atoms with E-state index in [1.165, 1.54) is 5.56 Å². The normalized spacial score (nSPS) is 11.2. The Hall–Kier alpha value is -1.87. The summed E-state index contributed by atoms with van der Waals surface area (Å²) in [5, 5.41) is 0. The number of hydrogen-bond donors (Lipinski definition) is 1. The fourth-order valence-corrected chi connectivity index (χ4v) is 2.18. The Morgan fingerprint density at radius 2 is 1.70 bits per heavy atom. The third kappa shape index (κ3) is 3.58. The molecule has 0 aliphatic rings. The van der Waals surface area contributed by atoms with Crippen molar-refractivity contribution in [2.75, 3.05) is 5.73 Å². The van der Waals surface area contributed by atoms with E-state index in [-0.39, 0.29) is 11.5 Å². The molecule has 3 heteroatoms. The Kier molecular flexibility index (Phi) is 4.74. The molecular weight excluding hydrogens is 251 g/mol. The van der Waals surface area contributed by atoms with Crippen LogP contribution in [-0.4, -0.2) is 10.9 Å². The van der Waals surface area contributed by atoms with Gasteiger partial charge in [0.05, 0.1) is 5.69 Å². The van der Waals surface area contributed by atoms with Gasteiger partial charge >= 0.3 is 0 Å². The number of nitrogen functional groups attached to an aromatic ring is 1. The summed E-state index contributed by atoms with van der Waals surface area (Å²) in [6.45, 7) is 5.59. The summed E-state index contributed by atoms with van der Waals surface area (Å²) in [4.78, 5) is 2.23. The van der Waals surface area contributed by atoms with E-state index in [0.29, 0.717) is 18.2 Å². The molecule has 106 valence electrons.